The van der Waals surface area contributed by atoms with Crippen LogP contribution in [0, 0.1) is 34.1 Å². The summed E-state index contributed by atoms with van der Waals surface area (Å²) in [7, 11) is 0. The first-order chi connectivity index (χ1) is 12.8. The Morgan fingerprint density at radius 1 is 0.741 bits per heavy atom. The maximum absolute atomic E-state index is 11.2. The van der Waals surface area contributed by atoms with E-state index in [1.54, 1.807) is 6.07 Å². The summed E-state index contributed by atoms with van der Waals surface area (Å²) in [6.07, 6.45) is 0. The topological polar surface area (TPSA) is 95.5 Å². The van der Waals surface area contributed by atoms with Crippen molar-refractivity contribution in [2.24, 2.45) is 0 Å². The van der Waals surface area contributed by atoms with Gasteiger partial charge in [-0.3, -0.25) is 20.2 Å². The van der Waals surface area contributed by atoms with Gasteiger partial charge in [-0.25, -0.2) is 0 Å². The molecule has 0 N–H and O–H groups in total. The minimum Gasteiger partial charge on any atom is -0.450 e. The minimum absolute atomic E-state index is 0.0446. The second-order valence-corrected chi connectivity index (χ2v) is 6.11. The summed E-state index contributed by atoms with van der Waals surface area (Å²) in [4.78, 5) is 20.7. The Balaban J connectivity index is 1.93. The zero-order chi connectivity index (χ0) is 19.6. The fourth-order valence-electron chi connectivity index (χ4n) is 2.66. The van der Waals surface area contributed by atoms with Crippen molar-refractivity contribution in [3.05, 3.63) is 92.0 Å². The van der Waals surface area contributed by atoms with Gasteiger partial charge in [-0.05, 0) is 48.7 Å². The third-order valence-corrected chi connectivity index (χ3v) is 4.13. The van der Waals surface area contributed by atoms with Crippen molar-refractivity contribution >= 4 is 11.4 Å². The highest BCUT2D eigenvalue weighted by Crippen LogP contribution is 2.36. The van der Waals surface area contributed by atoms with Crippen LogP contribution in [0.15, 0.2) is 60.7 Å². The Morgan fingerprint density at radius 2 is 1.37 bits per heavy atom. The predicted octanol–water partition coefficient (Wildman–Crippen LogP) is 5.58. The number of aryl methyl sites for hydroxylation is 2. The molecule has 0 spiro atoms. The molecule has 0 heterocycles. The van der Waals surface area contributed by atoms with Crippen LogP contribution in [-0.2, 0) is 0 Å². The van der Waals surface area contributed by atoms with Crippen molar-refractivity contribution in [2.75, 3.05) is 0 Å². The molecule has 0 aliphatic heterocycles. The van der Waals surface area contributed by atoms with E-state index in [1.807, 2.05) is 50.2 Å². The molecule has 3 aromatic rings. The van der Waals surface area contributed by atoms with Gasteiger partial charge in [-0.1, -0.05) is 35.9 Å². The average Bonchev–Trinajstić information content (AvgIpc) is 2.64. The van der Waals surface area contributed by atoms with Crippen LogP contribution in [0.1, 0.15) is 11.1 Å². The first-order valence-corrected chi connectivity index (χ1v) is 8.13. The maximum Gasteiger partial charge on any atom is 0.318 e. The number of hydrogen-bond donors (Lipinski definition) is 0. The molecule has 0 saturated carbocycles. The fourth-order valence-corrected chi connectivity index (χ4v) is 2.66. The predicted molar refractivity (Wildman–Crippen MR) is 101 cm³/mol. The molecule has 136 valence electrons. The van der Waals surface area contributed by atoms with Crippen molar-refractivity contribution < 1.29 is 14.6 Å². The smallest absolute Gasteiger partial charge is 0.318 e. The summed E-state index contributed by atoms with van der Waals surface area (Å²) in [5.41, 5.74) is 3.20. The number of benzene rings is 3. The third kappa shape index (κ3) is 3.92. The van der Waals surface area contributed by atoms with Gasteiger partial charge >= 0.3 is 5.69 Å². The maximum atomic E-state index is 11.2. The van der Waals surface area contributed by atoms with E-state index in [0.29, 0.717) is 5.75 Å². The van der Waals surface area contributed by atoms with E-state index in [1.165, 1.54) is 17.7 Å². The fraction of sp³-hybridized carbons (Fsp3) is 0.100. The second-order valence-electron chi connectivity index (χ2n) is 6.11. The van der Waals surface area contributed by atoms with Crippen LogP contribution in [-0.4, -0.2) is 9.85 Å². The zero-order valence-corrected chi connectivity index (χ0v) is 14.7. The van der Waals surface area contributed by atoms with Gasteiger partial charge in [0.2, 0.25) is 5.75 Å². The van der Waals surface area contributed by atoms with Gasteiger partial charge in [0.05, 0.1) is 15.9 Å². The standard InChI is InChI=1S/C20H16N2O5/c1-13-3-5-15(6-4-13)16-7-9-19(14(2)11-16)27-20-10-8-17(21(23)24)12-18(20)22(25)26/h3-12H,1-2H3. The highest BCUT2D eigenvalue weighted by molar-refractivity contribution is 5.66. The normalized spacial score (nSPS) is 10.4. The molecule has 27 heavy (non-hydrogen) atoms. The number of hydrogen-bond acceptors (Lipinski definition) is 5. The molecule has 0 aliphatic rings. The van der Waals surface area contributed by atoms with E-state index in [4.69, 9.17) is 4.74 Å². The molecule has 0 amide bonds. The third-order valence-electron chi connectivity index (χ3n) is 4.13. The van der Waals surface area contributed by atoms with Gasteiger partial charge in [0.1, 0.15) is 5.75 Å². The van der Waals surface area contributed by atoms with E-state index in [-0.39, 0.29) is 11.4 Å². The number of nitrogens with zero attached hydrogens (tertiary/aromatic N) is 2. The van der Waals surface area contributed by atoms with E-state index in [9.17, 15) is 20.2 Å². The first kappa shape index (κ1) is 18.1. The van der Waals surface area contributed by atoms with Crippen LogP contribution in [0.4, 0.5) is 11.4 Å². The summed E-state index contributed by atoms with van der Waals surface area (Å²) < 4.78 is 5.68. The van der Waals surface area contributed by atoms with Gasteiger partial charge in [-0.15, -0.1) is 0 Å². The molecule has 0 atom stereocenters. The van der Waals surface area contributed by atoms with Crippen molar-refractivity contribution in [3.8, 4) is 22.6 Å². The Labute approximate surface area is 155 Å². The van der Waals surface area contributed by atoms with Gasteiger partial charge < -0.3 is 4.74 Å². The Hall–Kier alpha value is -3.74. The number of ether oxygens (including phenoxy) is 1. The molecule has 0 saturated heterocycles. The number of nitro groups is 2. The average molecular weight is 364 g/mol. The van der Waals surface area contributed by atoms with E-state index in [0.717, 1.165) is 22.8 Å². The zero-order valence-electron chi connectivity index (χ0n) is 14.7. The van der Waals surface area contributed by atoms with Crippen LogP contribution < -0.4 is 4.74 Å². The van der Waals surface area contributed by atoms with Crippen molar-refractivity contribution in [1.82, 2.24) is 0 Å². The molecule has 3 aromatic carbocycles. The monoisotopic (exact) mass is 364 g/mol. The van der Waals surface area contributed by atoms with Crippen molar-refractivity contribution in [3.63, 3.8) is 0 Å². The molecular weight excluding hydrogens is 348 g/mol. The SMILES string of the molecule is Cc1ccc(-c2ccc(Oc3ccc([N+](=O)[O-])cc3[N+](=O)[O-])c(C)c2)cc1. The van der Waals surface area contributed by atoms with Crippen molar-refractivity contribution in [1.29, 1.82) is 0 Å². The summed E-state index contributed by atoms with van der Waals surface area (Å²) in [5.74, 6) is 0.402. The van der Waals surface area contributed by atoms with Gasteiger partial charge in [0, 0.05) is 6.07 Å². The molecule has 7 nitrogen and oxygen atoms in total. The Kier molecular flexibility index (Phi) is 4.85. The molecule has 0 aromatic heterocycles. The molecule has 0 aliphatic carbocycles. The molecule has 7 heteroatoms. The lowest BCUT2D eigenvalue weighted by molar-refractivity contribution is -0.394. The molecular formula is C20H16N2O5. The van der Waals surface area contributed by atoms with Crippen LogP contribution in [0.25, 0.3) is 11.1 Å². The molecule has 0 unspecified atom stereocenters. The van der Waals surface area contributed by atoms with E-state index < -0.39 is 15.5 Å². The minimum atomic E-state index is -0.696. The Bertz CT molecular complexity index is 1030. The summed E-state index contributed by atoms with van der Waals surface area (Å²) in [6.45, 7) is 3.85. The largest absolute Gasteiger partial charge is 0.450 e. The molecule has 0 radical (unpaired) electrons. The van der Waals surface area contributed by atoms with Crippen LogP contribution in [0.5, 0.6) is 11.5 Å². The lowest BCUT2D eigenvalue weighted by Crippen LogP contribution is -1.97. The lowest BCUT2D eigenvalue weighted by atomic mass is 10.0. The van der Waals surface area contributed by atoms with Crippen LogP contribution in [0.2, 0.25) is 0 Å². The Morgan fingerprint density at radius 3 is 1.96 bits per heavy atom. The molecule has 3 rings (SSSR count). The van der Waals surface area contributed by atoms with Gasteiger partial charge in [0.15, 0.2) is 0 Å². The first-order valence-electron chi connectivity index (χ1n) is 8.13. The summed E-state index contributed by atoms with van der Waals surface area (Å²) in [6, 6.07) is 16.9. The van der Waals surface area contributed by atoms with Crippen molar-refractivity contribution in [2.45, 2.75) is 13.8 Å². The van der Waals surface area contributed by atoms with E-state index in [2.05, 4.69) is 0 Å². The molecule has 0 fully saturated rings. The van der Waals surface area contributed by atoms with E-state index >= 15 is 0 Å². The van der Waals surface area contributed by atoms with Crippen LogP contribution >= 0.6 is 0 Å². The summed E-state index contributed by atoms with van der Waals surface area (Å²) in [5, 5.41) is 22.1. The quantitative estimate of drug-likeness (QED) is 0.435. The lowest BCUT2D eigenvalue weighted by Gasteiger charge is -2.11. The second kappa shape index (κ2) is 7.25. The summed E-state index contributed by atoms with van der Waals surface area (Å²) >= 11 is 0. The van der Waals surface area contributed by atoms with Gasteiger partial charge in [-0.2, -0.15) is 0 Å². The highest BCUT2D eigenvalue weighted by atomic mass is 16.6. The number of rotatable bonds is 5. The van der Waals surface area contributed by atoms with Gasteiger partial charge in [0.25, 0.3) is 5.69 Å². The molecule has 0 bridgehead atoms. The highest BCUT2D eigenvalue weighted by Gasteiger charge is 2.21. The number of non-ortho nitro benzene ring substituents is 1. The van der Waals surface area contributed by atoms with Crippen LogP contribution in [0.3, 0.4) is 0 Å². The number of nitro benzene ring substituents is 2.